The lowest BCUT2D eigenvalue weighted by molar-refractivity contribution is 0.179. The fourth-order valence-corrected chi connectivity index (χ4v) is 0.647. The van der Waals surface area contributed by atoms with E-state index in [-0.39, 0.29) is 11.9 Å². The Labute approximate surface area is 56.5 Å². The zero-order valence-electron chi connectivity index (χ0n) is 5.42. The molecular formula is C6H13OS. The maximum atomic E-state index is 10.2. The standard InChI is InChI=1S/C6H13OS/c1-3-5(2)6(8)4-7/h5-6,8H,3-4H2,1-2H3. The summed E-state index contributed by atoms with van der Waals surface area (Å²) in [7, 11) is 0. The highest BCUT2D eigenvalue weighted by atomic mass is 32.1. The maximum absolute atomic E-state index is 10.2. The molecule has 8 heavy (non-hydrogen) atoms. The summed E-state index contributed by atoms with van der Waals surface area (Å²) in [5, 5.41) is 10.2. The van der Waals surface area contributed by atoms with Crippen LogP contribution < -0.4 is 0 Å². The van der Waals surface area contributed by atoms with Crippen molar-refractivity contribution in [2.24, 2.45) is 5.92 Å². The van der Waals surface area contributed by atoms with Crippen LogP contribution in [0.3, 0.4) is 0 Å². The summed E-state index contributed by atoms with van der Waals surface area (Å²) in [4.78, 5) is 0. The third kappa shape index (κ3) is 2.58. The van der Waals surface area contributed by atoms with Gasteiger partial charge in [-0.15, -0.1) is 0 Å². The number of hydrogen-bond donors (Lipinski definition) is 1. The fourth-order valence-electron chi connectivity index (χ4n) is 0.436. The molecule has 0 N–H and O–H groups in total. The van der Waals surface area contributed by atoms with Gasteiger partial charge in [0.25, 0.3) is 0 Å². The Morgan fingerprint density at radius 2 is 2.12 bits per heavy atom. The van der Waals surface area contributed by atoms with Crippen molar-refractivity contribution in [2.45, 2.75) is 25.5 Å². The van der Waals surface area contributed by atoms with E-state index in [2.05, 4.69) is 26.5 Å². The van der Waals surface area contributed by atoms with Crippen molar-refractivity contribution < 1.29 is 5.11 Å². The van der Waals surface area contributed by atoms with Crippen LogP contribution in [0.25, 0.3) is 0 Å². The topological polar surface area (TPSA) is 19.9 Å². The van der Waals surface area contributed by atoms with E-state index in [0.717, 1.165) is 6.42 Å². The normalized spacial score (nSPS) is 18.0. The van der Waals surface area contributed by atoms with Gasteiger partial charge in [0, 0.05) is 5.25 Å². The van der Waals surface area contributed by atoms with E-state index >= 15 is 0 Å². The molecule has 0 amide bonds. The lowest BCUT2D eigenvalue weighted by Crippen LogP contribution is -2.13. The molecule has 2 unspecified atom stereocenters. The van der Waals surface area contributed by atoms with Gasteiger partial charge in [-0.05, 0) is 5.92 Å². The van der Waals surface area contributed by atoms with Gasteiger partial charge in [-0.1, -0.05) is 20.3 Å². The Bertz CT molecular complexity index is 48.5. The summed E-state index contributed by atoms with van der Waals surface area (Å²) in [5.74, 6) is 0.468. The zero-order valence-corrected chi connectivity index (χ0v) is 6.32. The minimum absolute atomic E-state index is 0.0556. The van der Waals surface area contributed by atoms with Gasteiger partial charge in [0.1, 0.15) is 0 Å². The summed E-state index contributed by atoms with van der Waals surface area (Å²) in [5.41, 5.74) is 0. The van der Waals surface area contributed by atoms with Crippen molar-refractivity contribution in [1.29, 1.82) is 0 Å². The van der Waals surface area contributed by atoms with E-state index < -0.39 is 0 Å². The molecule has 0 aromatic carbocycles. The Hall–Kier alpha value is 0.310. The molecule has 0 aliphatic carbocycles. The van der Waals surface area contributed by atoms with Crippen molar-refractivity contribution >= 4 is 12.6 Å². The predicted molar refractivity (Wildman–Crippen MR) is 37.8 cm³/mol. The largest absolute Gasteiger partial charge is 0.236 e. The highest BCUT2D eigenvalue weighted by Crippen LogP contribution is 2.11. The first kappa shape index (κ1) is 8.31. The highest BCUT2D eigenvalue weighted by molar-refractivity contribution is 7.81. The lowest BCUT2D eigenvalue weighted by atomic mass is 10.1. The van der Waals surface area contributed by atoms with Crippen molar-refractivity contribution in [1.82, 2.24) is 0 Å². The molecule has 2 heteroatoms. The third-order valence-corrected chi connectivity index (χ3v) is 2.13. The van der Waals surface area contributed by atoms with E-state index in [1.54, 1.807) is 0 Å². The first-order chi connectivity index (χ1) is 3.72. The van der Waals surface area contributed by atoms with Gasteiger partial charge in [-0.25, -0.2) is 5.11 Å². The molecular weight excluding hydrogens is 120 g/mol. The maximum Gasteiger partial charge on any atom is 0.0940 e. The van der Waals surface area contributed by atoms with Gasteiger partial charge in [0.2, 0.25) is 0 Å². The predicted octanol–water partition coefficient (Wildman–Crippen LogP) is 1.76. The molecule has 0 heterocycles. The first-order valence-electron chi connectivity index (χ1n) is 2.98. The quantitative estimate of drug-likeness (QED) is 0.566. The number of rotatable bonds is 3. The average molecular weight is 133 g/mol. The van der Waals surface area contributed by atoms with Crippen molar-refractivity contribution in [3.05, 3.63) is 0 Å². The summed E-state index contributed by atoms with van der Waals surface area (Å²) < 4.78 is 0. The Morgan fingerprint density at radius 3 is 2.25 bits per heavy atom. The molecule has 0 saturated heterocycles. The van der Waals surface area contributed by atoms with Crippen molar-refractivity contribution in [3.8, 4) is 0 Å². The summed E-state index contributed by atoms with van der Waals surface area (Å²) >= 11 is 4.09. The van der Waals surface area contributed by atoms with Crippen LogP contribution in [-0.2, 0) is 5.11 Å². The summed E-state index contributed by atoms with van der Waals surface area (Å²) in [6.45, 7) is 4.07. The molecule has 0 aliphatic rings. The van der Waals surface area contributed by atoms with Gasteiger partial charge in [0.05, 0.1) is 6.61 Å². The van der Waals surface area contributed by atoms with Crippen LogP contribution in [0.2, 0.25) is 0 Å². The average Bonchev–Trinajstić information content (AvgIpc) is 1.84. The Kier molecular flexibility index (Phi) is 4.38. The summed E-state index contributed by atoms with van der Waals surface area (Å²) in [6, 6.07) is 0. The smallest absolute Gasteiger partial charge is 0.0940 e. The van der Waals surface area contributed by atoms with Crippen LogP contribution in [0.1, 0.15) is 20.3 Å². The summed E-state index contributed by atoms with van der Waals surface area (Å²) in [6.07, 6.45) is 1.05. The highest BCUT2D eigenvalue weighted by Gasteiger charge is 2.08. The fraction of sp³-hybridized carbons (Fsp3) is 1.00. The molecule has 49 valence electrons. The molecule has 0 saturated carbocycles. The molecule has 0 aliphatic heterocycles. The van der Waals surface area contributed by atoms with Crippen LogP contribution >= 0.6 is 12.6 Å². The Morgan fingerprint density at radius 1 is 1.62 bits per heavy atom. The Balaban J connectivity index is 3.29. The van der Waals surface area contributed by atoms with Crippen LogP contribution in [0.4, 0.5) is 0 Å². The van der Waals surface area contributed by atoms with Gasteiger partial charge in [-0.3, -0.25) is 0 Å². The zero-order chi connectivity index (χ0) is 6.57. The van der Waals surface area contributed by atoms with E-state index in [4.69, 9.17) is 0 Å². The lowest BCUT2D eigenvalue weighted by Gasteiger charge is -2.12. The van der Waals surface area contributed by atoms with Crippen molar-refractivity contribution in [3.63, 3.8) is 0 Å². The van der Waals surface area contributed by atoms with Crippen molar-refractivity contribution in [2.75, 3.05) is 6.61 Å². The minimum Gasteiger partial charge on any atom is -0.236 e. The van der Waals surface area contributed by atoms with Gasteiger partial charge in [-0.2, -0.15) is 12.6 Å². The van der Waals surface area contributed by atoms with Crippen LogP contribution in [-0.4, -0.2) is 11.9 Å². The molecule has 0 fully saturated rings. The molecule has 0 bridgehead atoms. The second-order valence-corrected chi connectivity index (χ2v) is 2.78. The molecule has 2 atom stereocenters. The first-order valence-corrected chi connectivity index (χ1v) is 3.50. The van der Waals surface area contributed by atoms with E-state index in [1.165, 1.54) is 0 Å². The van der Waals surface area contributed by atoms with E-state index in [1.807, 2.05) is 0 Å². The molecule has 1 radical (unpaired) electrons. The SMILES string of the molecule is CCC(C)C(S)C[O]. The molecule has 1 nitrogen and oxygen atoms in total. The second-order valence-electron chi connectivity index (χ2n) is 2.12. The van der Waals surface area contributed by atoms with Gasteiger partial charge in [0.15, 0.2) is 0 Å². The molecule has 0 spiro atoms. The minimum atomic E-state index is -0.0574. The van der Waals surface area contributed by atoms with Gasteiger partial charge >= 0.3 is 0 Å². The number of hydrogen-bond acceptors (Lipinski definition) is 1. The van der Waals surface area contributed by atoms with Crippen LogP contribution in [0, 0.1) is 5.92 Å². The molecule has 0 aromatic heterocycles. The van der Waals surface area contributed by atoms with E-state index in [0.29, 0.717) is 5.92 Å². The number of thiol groups is 1. The third-order valence-electron chi connectivity index (χ3n) is 1.47. The second kappa shape index (κ2) is 4.21. The van der Waals surface area contributed by atoms with E-state index in [9.17, 15) is 5.11 Å². The molecule has 0 aromatic rings. The van der Waals surface area contributed by atoms with Gasteiger partial charge < -0.3 is 0 Å². The van der Waals surface area contributed by atoms with Crippen LogP contribution in [0.15, 0.2) is 0 Å². The van der Waals surface area contributed by atoms with Crippen LogP contribution in [0.5, 0.6) is 0 Å². The monoisotopic (exact) mass is 133 g/mol. The molecule has 0 rings (SSSR count).